The van der Waals surface area contributed by atoms with Crippen LogP contribution in [0.3, 0.4) is 0 Å². The lowest BCUT2D eigenvalue weighted by Gasteiger charge is -2.30. The number of fused-ring (bicyclic) bond motifs is 3. The van der Waals surface area contributed by atoms with Crippen molar-refractivity contribution in [2.75, 3.05) is 0 Å². The molecule has 0 saturated heterocycles. The molecule has 1 aliphatic heterocycles. The molecule has 2 aliphatic rings. The summed E-state index contributed by atoms with van der Waals surface area (Å²) in [6.45, 7) is 1.37. The Hall–Kier alpha value is -4.03. The first-order valence-electron chi connectivity index (χ1n) is 11.5. The summed E-state index contributed by atoms with van der Waals surface area (Å²) in [4.78, 5) is 30.7. The quantitative estimate of drug-likeness (QED) is 0.327. The predicted octanol–water partition coefficient (Wildman–Crippen LogP) is 4.24. The molecular weight excluding hydrogens is 456 g/mol. The van der Waals surface area contributed by atoms with Gasteiger partial charge in [0.2, 0.25) is 0 Å². The Morgan fingerprint density at radius 3 is 2.51 bits per heavy atom. The molecule has 5 nitrogen and oxygen atoms in total. The van der Waals surface area contributed by atoms with E-state index in [4.69, 9.17) is 9.73 Å². The lowest BCUT2D eigenvalue weighted by molar-refractivity contribution is -0.131. The van der Waals surface area contributed by atoms with Gasteiger partial charge in [-0.05, 0) is 53.3 Å². The Morgan fingerprint density at radius 2 is 1.74 bits per heavy atom. The van der Waals surface area contributed by atoms with Crippen LogP contribution in [0, 0.1) is 0 Å². The summed E-state index contributed by atoms with van der Waals surface area (Å²) < 4.78 is 7.60. The second-order valence-electron chi connectivity index (χ2n) is 8.69. The Morgan fingerprint density at radius 1 is 1.00 bits per heavy atom. The molecular formula is C29H22N2O3S. The van der Waals surface area contributed by atoms with Crippen molar-refractivity contribution < 1.29 is 9.53 Å². The molecule has 0 unspecified atom stereocenters. The van der Waals surface area contributed by atoms with E-state index in [2.05, 4.69) is 36.4 Å². The highest BCUT2D eigenvalue weighted by molar-refractivity contribution is 7.07. The van der Waals surface area contributed by atoms with Crippen LogP contribution < -0.4 is 19.6 Å². The lowest BCUT2D eigenvalue weighted by atomic mass is 9.83. The van der Waals surface area contributed by atoms with Gasteiger partial charge >= 0.3 is 5.97 Å². The van der Waals surface area contributed by atoms with E-state index < -0.39 is 0 Å². The van der Waals surface area contributed by atoms with Gasteiger partial charge < -0.3 is 4.74 Å². The van der Waals surface area contributed by atoms with Gasteiger partial charge in [0.25, 0.3) is 5.56 Å². The number of ether oxygens (including phenoxy) is 1. The van der Waals surface area contributed by atoms with Crippen LogP contribution >= 0.6 is 11.3 Å². The highest BCUT2D eigenvalue weighted by Gasteiger charge is 2.32. The maximum absolute atomic E-state index is 13.7. The normalized spacial score (nSPS) is 16.7. The second-order valence-corrected chi connectivity index (χ2v) is 9.70. The van der Waals surface area contributed by atoms with Gasteiger partial charge in [0, 0.05) is 12.5 Å². The van der Waals surface area contributed by atoms with E-state index in [9.17, 15) is 9.59 Å². The third-order valence-corrected chi connectivity index (χ3v) is 7.41. The molecule has 0 saturated carbocycles. The van der Waals surface area contributed by atoms with Crippen molar-refractivity contribution in [3.05, 3.63) is 126 Å². The largest absolute Gasteiger partial charge is 0.427 e. The molecule has 0 N–H and O–H groups in total. The molecule has 0 bridgehead atoms. The van der Waals surface area contributed by atoms with Gasteiger partial charge in [-0.3, -0.25) is 14.2 Å². The lowest BCUT2D eigenvalue weighted by Crippen LogP contribution is -2.38. The number of carbonyl (C=O) groups is 1. The van der Waals surface area contributed by atoms with Gasteiger partial charge in [-0.25, -0.2) is 4.99 Å². The van der Waals surface area contributed by atoms with Gasteiger partial charge in [-0.2, -0.15) is 0 Å². The molecule has 0 radical (unpaired) electrons. The van der Waals surface area contributed by atoms with Crippen LogP contribution in [-0.4, -0.2) is 10.5 Å². The summed E-state index contributed by atoms with van der Waals surface area (Å²) in [6.07, 6.45) is 3.68. The van der Waals surface area contributed by atoms with Crippen LogP contribution in [0.5, 0.6) is 5.75 Å². The van der Waals surface area contributed by atoms with E-state index >= 15 is 0 Å². The highest BCUT2D eigenvalue weighted by atomic mass is 32.1. The van der Waals surface area contributed by atoms with Crippen molar-refractivity contribution in [3.8, 4) is 5.75 Å². The van der Waals surface area contributed by atoms with Crippen LogP contribution in [0.15, 0.2) is 94.2 Å². The molecule has 0 spiro atoms. The monoisotopic (exact) mass is 478 g/mol. The number of allylic oxidation sites excluding steroid dienone is 1. The van der Waals surface area contributed by atoms with Crippen molar-refractivity contribution in [2.24, 2.45) is 4.99 Å². The van der Waals surface area contributed by atoms with Gasteiger partial charge in [0.05, 0.1) is 16.3 Å². The van der Waals surface area contributed by atoms with E-state index in [-0.39, 0.29) is 17.6 Å². The number of nitrogens with zero attached hydrogens (tertiary/aromatic N) is 2. The minimum Gasteiger partial charge on any atom is -0.427 e. The smallest absolute Gasteiger partial charge is 0.308 e. The summed E-state index contributed by atoms with van der Waals surface area (Å²) in [6, 6.07) is 25.6. The molecule has 0 fully saturated rings. The molecule has 6 rings (SSSR count). The molecule has 0 amide bonds. The molecule has 1 aliphatic carbocycles. The number of esters is 1. The van der Waals surface area contributed by atoms with Gasteiger partial charge in [-0.15, -0.1) is 0 Å². The fourth-order valence-corrected chi connectivity index (χ4v) is 5.91. The molecule has 1 atom stereocenters. The summed E-state index contributed by atoms with van der Waals surface area (Å²) in [5.74, 6) is 0.115. The standard InChI is InChI=1S/C29H22N2O3S/c1-18(32)34-22-14-11-19(12-15-22)17-25-28(33)31-27(21-8-3-2-4-9-21)24-16-13-20-7-5-6-10-23(20)26(24)30-29(31)35-25/h2-12,14-15,17,27H,13,16H2,1H3/b25-17-/t27-/m1/s1. The summed E-state index contributed by atoms with van der Waals surface area (Å²) in [7, 11) is 0. The zero-order chi connectivity index (χ0) is 23.9. The fourth-order valence-electron chi connectivity index (χ4n) is 4.91. The number of rotatable bonds is 3. The Bertz CT molecular complexity index is 1660. The third-order valence-electron chi connectivity index (χ3n) is 6.43. The SMILES string of the molecule is CC(=O)Oc1ccc(/C=c2\sc3n(c2=O)[C@H](c2ccccc2)C2=C(N=3)c3ccccc3CC2)cc1. The number of hydrogen-bond donors (Lipinski definition) is 0. The Labute approximate surface area is 206 Å². The summed E-state index contributed by atoms with van der Waals surface area (Å²) in [5, 5.41) is 0. The average molecular weight is 479 g/mol. The Kier molecular flexibility index (Phi) is 5.30. The van der Waals surface area contributed by atoms with Crippen LogP contribution in [0.4, 0.5) is 0 Å². The zero-order valence-electron chi connectivity index (χ0n) is 19.1. The van der Waals surface area contributed by atoms with Crippen LogP contribution in [0.25, 0.3) is 11.8 Å². The second kappa shape index (κ2) is 8.64. The van der Waals surface area contributed by atoms with Crippen molar-refractivity contribution in [2.45, 2.75) is 25.8 Å². The zero-order valence-corrected chi connectivity index (χ0v) is 19.9. The van der Waals surface area contributed by atoms with E-state index in [1.807, 2.05) is 41.0 Å². The number of aromatic nitrogens is 1. The van der Waals surface area contributed by atoms with E-state index in [0.717, 1.165) is 35.2 Å². The van der Waals surface area contributed by atoms with Crippen molar-refractivity contribution in [3.63, 3.8) is 0 Å². The van der Waals surface area contributed by atoms with E-state index in [1.54, 1.807) is 12.1 Å². The molecule has 172 valence electrons. The van der Waals surface area contributed by atoms with Crippen LogP contribution in [0.2, 0.25) is 0 Å². The summed E-state index contributed by atoms with van der Waals surface area (Å²) in [5.41, 5.74) is 6.56. The molecule has 3 aromatic carbocycles. The molecule has 6 heteroatoms. The molecule has 2 heterocycles. The maximum atomic E-state index is 13.7. The predicted molar refractivity (Wildman–Crippen MR) is 137 cm³/mol. The number of carbonyl (C=O) groups excluding carboxylic acids is 1. The first kappa shape index (κ1) is 21.5. The number of hydrogen-bond acceptors (Lipinski definition) is 5. The van der Waals surface area contributed by atoms with Gasteiger partial charge in [0.1, 0.15) is 5.75 Å². The average Bonchev–Trinajstić information content (AvgIpc) is 3.18. The van der Waals surface area contributed by atoms with Crippen LogP contribution in [0.1, 0.15) is 41.6 Å². The number of thiazole rings is 1. The van der Waals surface area contributed by atoms with Crippen LogP contribution in [-0.2, 0) is 11.2 Å². The minimum atomic E-state index is -0.363. The van der Waals surface area contributed by atoms with E-state index in [0.29, 0.717) is 15.1 Å². The van der Waals surface area contributed by atoms with Crippen molar-refractivity contribution >= 4 is 29.1 Å². The molecule has 4 aromatic rings. The third kappa shape index (κ3) is 3.86. The topological polar surface area (TPSA) is 60.7 Å². The van der Waals surface area contributed by atoms with Crippen molar-refractivity contribution in [1.29, 1.82) is 0 Å². The van der Waals surface area contributed by atoms with E-state index in [1.165, 1.54) is 29.4 Å². The molecule has 35 heavy (non-hydrogen) atoms. The minimum absolute atomic E-state index is 0.0444. The summed E-state index contributed by atoms with van der Waals surface area (Å²) >= 11 is 1.41. The highest BCUT2D eigenvalue weighted by Crippen LogP contribution is 2.41. The van der Waals surface area contributed by atoms with Crippen molar-refractivity contribution in [1.82, 2.24) is 4.57 Å². The number of benzene rings is 3. The number of aryl methyl sites for hydroxylation is 1. The molecule has 1 aromatic heterocycles. The first-order valence-corrected chi connectivity index (χ1v) is 12.4. The van der Waals surface area contributed by atoms with Gasteiger partial charge in [-0.1, -0.05) is 78.1 Å². The maximum Gasteiger partial charge on any atom is 0.308 e. The van der Waals surface area contributed by atoms with Gasteiger partial charge in [0.15, 0.2) is 4.80 Å². The Balaban J connectivity index is 1.53. The fraction of sp³-hybridized carbons (Fsp3) is 0.138. The first-order chi connectivity index (χ1) is 17.1.